The summed E-state index contributed by atoms with van der Waals surface area (Å²) >= 11 is 0. The largest absolute Gasteiger partial charge is 0.503 e. The summed E-state index contributed by atoms with van der Waals surface area (Å²) in [7, 11) is 1.57. The first-order valence-electron chi connectivity index (χ1n) is 8.00. The molecule has 1 aliphatic heterocycles. The number of hydrogen-bond acceptors (Lipinski definition) is 5. The van der Waals surface area contributed by atoms with Crippen LogP contribution in [0.4, 0.5) is 0 Å². The maximum absolute atomic E-state index is 12.6. The minimum atomic E-state index is -0.735. The van der Waals surface area contributed by atoms with E-state index in [1.807, 2.05) is 18.2 Å². The highest BCUT2D eigenvalue weighted by molar-refractivity contribution is 6.08. The average Bonchev–Trinajstić information content (AvgIpc) is 3.24. The SMILES string of the molecule is CCC(=O)C1=C(O)C(=O)N(Cc2cccc(OC)c2)C1c1ccco1. The number of carbonyl (C=O) groups is 2. The molecule has 1 atom stereocenters. The van der Waals surface area contributed by atoms with Gasteiger partial charge in [-0.2, -0.15) is 0 Å². The third-order valence-electron chi connectivity index (χ3n) is 4.22. The number of carbonyl (C=O) groups excluding carboxylic acids is 2. The van der Waals surface area contributed by atoms with Crippen LogP contribution < -0.4 is 4.74 Å². The smallest absolute Gasteiger partial charge is 0.290 e. The Morgan fingerprint density at radius 3 is 2.76 bits per heavy atom. The van der Waals surface area contributed by atoms with E-state index in [2.05, 4.69) is 0 Å². The van der Waals surface area contributed by atoms with Crippen LogP contribution in [0.3, 0.4) is 0 Å². The number of ketones is 1. The molecule has 6 heteroatoms. The van der Waals surface area contributed by atoms with Crippen molar-refractivity contribution in [1.29, 1.82) is 0 Å². The van der Waals surface area contributed by atoms with Crippen LogP contribution in [-0.4, -0.2) is 28.8 Å². The molecule has 1 amide bonds. The Hall–Kier alpha value is -3.02. The molecule has 1 aliphatic rings. The van der Waals surface area contributed by atoms with Gasteiger partial charge < -0.3 is 19.2 Å². The van der Waals surface area contributed by atoms with E-state index >= 15 is 0 Å². The minimum absolute atomic E-state index is 0.0883. The topological polar surface area (TPSA) is 80.0 Å². The maximum atomic E-state index is 12.6. The number of aliphatic hydroxyl groups is 1. The number of hydrogen-bond donors (Lipinski definition) is 1. The molecule has 0 saturated heterocycles. The highest BCUT2D eigenvalue weighted by atomic mass is 16.5. The molecule has 0 spiro atoms. The standard InChI is InChI=1S/C19H19NO5/c1-3-14(21)16-17(15-8-5-9-25-15)20(19(23)18(16)22)11-12-6-4-7-13(10-12)24-2/h4-10,17,22H,3,11H2,1-2H3. The van der Waals surface area contributed by atoms with Crippen LogP contribution in [0.2, 0.25) is 0 Å². The van der Waals surface area contributed by atoms with E-state index < -0.39 is 17.7 Å². The molecule has 0 aliphatic carbocycles. The lowest BCUT2D eigenvalue weighted by molar-refractivity contribution is -0.130. The van der Waals surface area contributed by atoms with Crippen LogP contribution in [0.25, 0.3) is 0 Å². The zero-order chi connectivity index (χ0) is 18.0. The molecule has 2 aromatic rings. The molecule has 130 valence electrons. The first-order valence-corrected chi connectivity index (χ1v) is 8.00. The molecule has 0 fully saturated rings. The van der Waals surface area contributed by atoms with Gasteiger partial charge in [0, 0.05) is 13.0 Å². The third kappa shape index (κ3) is 3.03. The summed E-state index contributed by atoms with van der Waals surface area (Å²) in [6, 6.07) is 9.93. The second-order valence-corrected chi connectivity index (χ2v) is 5.74. The van der Waals surface area contributed by atoms with Gasteiger partial charge in [0.2, 0.25) is 0 Å². The fraction of sp³-hybridized carbons (Fsp3) is 0.263. The molecule has 1 N–H and O–H groups in total. The van der Waals surface area contributed by atoms with E-state index in [-0.39, 0.29) is 24.3 Å². The van der Waals surface area contributed by atoms with Gasteiger partial charge in [0.1, 0.15) is 17.6 Å². The molecule has 2 heterocycles. The quantitative estimate of drug-likeness (QED) is 0.873. The first-order chi connectivity index (χ1) is 12.1. The number of benzene rings is 1. The second-order valence-electron chi connectivity index (χ2n) is 5.74. The van der Waals surface area contributed by atoms with Gasteiger partial charge in [-0.15, -0.1) is 0 Å². The van der Waals surface area contributed by atoms with Crippen molar-refractivity contribution in [3.63, 3.8) is 0 Å². The fourth-order valence-corrected chi connectivity index (χ4v) is 3.00. The molecule has 3 rings (SSSR count). The zero-order valence-corrected chi connectivity index (χ0v) is 14.1. The van der Waals surface area contributed by atoms with Crippen molar-refractivity contribution in [2.24, 2.45) is 0 Å². The Balaban J connectivity index is 2.00. The summed E-state index contributed by atoms with van der Waals surface area (Å²) in [5, 5.41) is 10.3. The van der Waals surface area contributed by atoms with Crippen molar-refractivity contribution in [1.82, 2.24) is 4.90 Å². The van der Waals surface area contributed by atoms with Gasteiger partial charge >= 0.3 is 0 Å². The third-order valence-corrected chi connectivity index (χ3v) is 4.22. The Morgan fingerprint density at radius 1 is 1.32 bits per heavy atom. The summed E-state index contributed by atoms with van der Waals surface area (Å²) in [5.74, 6) is -0.254. The van der Waals surface area contributed by atoms with E-state index in [4.69, 9.17) is 9.15 Å². The number of furan rings is 1. The maximum Gasteiger partial charge on any atom is 0.290 e. The minimum Gasteiger partial charge on any atom is -0.503 e. The predicted octanol–water partition coefficient (Wildman–Crippen LogP) is 3.16. The fourth-order valence-electron chi connectivity index (χ4n) is 3.00. The monoisotopic (exact) mass is 341 g/mol. The van der Waals surface area contributed by atoms with Crippen molar-refractivity contribution in [3.05, 3.63) is 65.3 Å². The number of methoxy groups -OCH3 is 1. The summed E-state index contributed by atoms with van der Waals surface area (Å²) in [5.41, 5.74) is 0.910. The summed E-state index contributed by atoms with van der Waals surface area (Å²) in [6.07, 6.45) is 1.67. The normalized spacial score (nSPS) is 17.3. The van der Waals surface area contributed by atoms with Crippen LogP contribution >= 0.6 is 0 Å². The van der Waals surface area contributed by atoms with E-state index in [9.17, 15) is 14.7 Å². The van der Waals surface area contributed by atoms with Gasteiger partial charge in [-0.1, -0.05) is 19.1 Å². The van der Waals surface area contributed by atoms with Crippen LogP contribution in [0.15, 0.2) is 58.4 Å². The Bertz CT molecular complexity index is 822. The second kappa shape index (κ2) is 6.84. The summed E-state index contributed by atoms with van der Waals surface area (Å²) in [6.45, 7) is 1.91. The molecule has 0 bridgehead atoms. The highest BCUT2D eigenvalue weighted by Gasteiger charge is 2.44. The Morgan fingerprint density at radius 2 is 2.12 bits per heavy atom. The van der Waals surface area contributed by atoms with Crippen molar-refractivity contribution in [2.75, 3.05) is 7.11 Å². The number of rotatable bonds is 6. The number of aliphatic hydroxyl groups excluding tert-OH is 1. The van der Waals surface area contributed by atoms with E-state index in [0.29, 0.717) is 11.5 Å². The zero-order valence-electron chi connectivity index (χ0n) is 14.1. The van der Waals surface area contributed by atoms with Gasteiger partial charge in [-0.3, -0.25) is 9.59 Å². The van der Waals surface area contributed by atoms with E-state index in [0.717, 1.165) is 5.56 Å². The lowest BCUT2D eigenvalue weighted by atomic mass is 9.99. The lowest BCUT2D eigenvalue weighted by Crippen LogP contribution is -2.30. The molecule has 6 nitrogen and oxygen atoms in total. The van der Waals surface area contributed by atoms with E-state index in [1.54, 1.807) is 32.2 Å². The van der Waals surface area contributed by atoms with Crippen molar-refractivity contribution in [2.45, 2.75) is 25.9 Å². The van der Waals surface area contributed by atoms with Crippen LogP contribution in [0.1, 0.15) is 30.7 Å². The average molecular weight is 341 g/mol. The van der Waals surface area contributed by atoms with Crippen LogP contribution in [0.5, 0.6) is 5.75 Å². The Kier molecular flexibility index (Phi) is 4.61. The number of amides is 1. The summed E-state index contributed by atoms with van der Waals surface area (Å²) < 4.78 is 10.6. The molecule has 25 heavy (non-hydrogen) atoms. The van der Waals surface area contributed by atoms with Crippen LogP contribution in [0, 0.1) is 0 Å². The van der Waals surface area contributed by atoms with Gasteiger partial charge in [-0.05, 0) is 29.8 Å². The number of Topliss-reactive ketones (excluding diaryl/α,β-unsaturated/α-hetero) is 1. The van der Waals surface area contributed by atoms with Crippen molar-refractivity contribution >= 4 is 11.7 Å². The Labute approximate surface area is 145 Å². The summed E-state index contributed by atoms with van der Waals surface area (Å²) in [4.78, 5) is 26.3. The van der Waals surface area contributed by atoms with Crippen molar-refractivity contribution < 1.29 is 23.8 Å². The lowest BCUT2D eigenvalue weighted by Gasteiger charge is -2.25. The highest BCUT2D eigenvalue weighted by Crippen LogP contribution is 2.39. The van der Waals surface area contributed by atoms with Crippen molar-refractivity contribution in [3.8, 4) is 5.75 Å². The molecule has 0 saturated carbocycles. The van der Waals surface area contributed by atoms with E-state index in [1.165, 1.54) is 11.2 Å². The molecule has 0 radical (unpaired) electrons. The first kappa shape index (κ1) is 16.8. The van der Waals surface area contributed by atoms with Gasteiger partial charge in [0.25, 0.3) is 5.91 Å². The van der Waals surface area contributed by atoms with Crippen LogP contribution in [-0.2, 0) is 16.1 Å². The predicted molar refractivity (Wildman–Crippen MR) is 89.9 cm³/mol. The number of ether oxygens (including phenoxy) is 1. The van der Waals surface area contributed by atoms with Gasteiger partial charge in [0.15, 0.2) is 11.5 Å². The molecule has 1 unspecified atom stereocenters. The molecule has 1 aromatic carbocycles. The van der Waals surface area contributed by atoms with Gasteiger partial charge in [0.05, 0.1) is 18.9 Å². The molecular weight excluding hydrogens is 322 g/mol. The molecular formula is C19H19NO5. The molecule has 1 aromatic heterocycles. The number of nitrogens with zero attached hydrogens (tertiary/aromatic N) is 1. The van der Waals surface area contributed by atoms with Gasteiger partial charge in [-0.25, -0.2) is 0 Å².